The zero-order valence-corrected chi connectivity index (χ0v) is 18.1. The number of aliphatic hydroxyl groups is 2. The highest BCUT2D eigenvalue weighted by Gasteiger charge is 2.34. The Morgan fingerprint density at radius 2 is 1.71 bits per heavy atom. The van der Waals surface area contributed by atoms with Crippen LogP contribution >= 0.6 is 0 Å². The summed E-state index contributed by atoms with van der Waals surface area (Å²) in [5.74, 6) is -1.000. The highest BCUT2D eigenvalue weighted by molar-refractivity contribution is 5.80. The molecule has 6 nitrogen and oxygen atoms in total. The van der Waals surface area contributed by atoms with Crippen LogP contribution in [0, 0.1) is 11.8 Å². The minimum atomic E-state index is -0.844. The number of nitrogens with one attached hydrogen (secondary N) is 2. The van der Waals surface area contributed by atoms with E-state index in [1.54, 1.807) is 13.8 Å². The molecule has 0 fully saturated rings. The minimum absolute atomic E-state index is 0.102. The Hall–Kier alpha value is -2.70. The number of carbonyl (C=O) groups is 2. The number of rotatable bonds is 9. The molecule has 0 aliphatic heterocycles. The summed E-state index contributed by atoms with van der Waals surface area (Å²) < 4.78 is 0. The SMILES string of the molecule is CC(C)C(=O)NC[C@@H](O)C[C@@H](Cc1ccccc1)C(=O)N[C@H]1c2ccccc2C[C@H]1O. The first kappa shape index (κ1) is 23.0. The molecule has 2 aromatic carbocycles. The first-order valence-electron chi connectivity index (χ1n) is 10.9. The zero-order chi connectivity index (χ0) is 22.4. The van der Waals surface area contributed by atoms with E-state index < -0.39 is 24.2 Å². The second kappa shape index (κ2) is 10.6. The van der Waals surface area contributed by atoms with E-state index >= 15 is 0 Å². The third-order valence-electron chi connectivity index (χ3n) is 5.79. The van der Waals surface area contributed by atoms with Crippen molar-refractivity contribution in [2.45, 2.75) is 51.4 Å². The second-order valence-electron chi connectivity index (χ2n) is 8.63. The van der Waals surface area contributed by atoms with Crippen molar-refractivity contribution < 1.29 is 19.8 Å². The van der Waals surface area contributed by atoms with Gasteiger partial charge in [0.1, 0.15) is 0 Å². The van der Waals surface area contributed by atoms with Crippen molar-refractivity contribution in [3.63, 3.8) is 0 Å². The first-order valence-corrected chi connectivity index (χ1v) is 10.9. The molecule has 31 heavy (non-hydrogen) atoms. The summed E-state index contributed by atoms with van der Waals surface area (Å²) in [4.78, 5) is 25.0. The summed E-state index contributed by atoms with van der Waals surface area (Å²) >= 11 is 0. The summed E-state index contributed by atoms with van der Waals surface area (Å²) in [5.41, 5.74) is 2.97. The van der Waals surface area contributed by atoms with Gasteiger partial charge in [0.05, 0.1) is 18.2 Å². The molecule has 3 rings (SSSR count). The number of hydrogen-bond acceptors (Lipinski definition) is 4. The van der Waals surface area contributed by atoms with Crippen LogP contribution in [0.2, 0.25) is 0 Å². The van der Waals surface area contributed by atoms with E-state index in [0.29, 0.717) is 12.8 Å². The van der Waals surface area contributed by atoms with Crippen LogP contribution in [-0.2, 0) is 22.4 Å². The molecule has 0 bridgehead atoms. The fourth-order valence-corrected chi connectivity index (χ4v) is 4.03. The monoisotopic (exact) mass is 424 g/mol. The Bertz CT molecular complexity index is 884. The van der Waals surface area contributed by atoms with Gasteiger partial charge < -0.3 is 20.8 Å². The molecule has 4 N–H and O–H groups in total. The molecule has 2 amide bonds. The third kappa shape index (κ3) is 6.15. The van der Waals surface area contributed by atoms with Gasteiger partial charge in [-0.25, -0.2) is 0 Å². The first-order chi connectivity index (χ1) is 14.8. The topological polar surface area (TPSA) is 98.7 Å². The van der Waals surface area contributed by atoms with Crippen LogP contribution in [0.25, 0.3) is 0 Å². The Morgan fingerprint density at radius 1 is 1.03 bits per heavy atom. The molecule has 2 aromatic rings. The quantitative estimate of drug-likeness (QED) is 0.496. The van der Waals surface area contributed by atoms with Crippen LogP contribution < -0.4 is 10.6 Å². The van der Waals surface area contributed by atoms with Crippen LogP contribution in [-0.4, -0.2) is 40.8 Å². The lowest BCUT2D eigenvalue weighted by molar-refractivity contribution is -0.127. The molecule has 166 valence electrons. The maximum Gasteiger partial charge on any atom is 0.224 e. The van der Waals surface area contributed by atoms with Crippen molar-refractivity contribution in [2.75, 3.05) is 6.54 Å². The molecule has 0 aromatic heterocycles. The molecule has 4 atom stereocenters. The van der Waals surface area contributed by atoms with Gasteiger partial charge in [-0.1, -0.05) is 68.4 Å². The summed E-state index contributed by atoms with van der Waals surface area (Å²) in [6.45, 7) is 3.68. The highest BCUT2D eigenvalue weighted by atomic mass is 16.3. The number of benzene rings is 2. The Balaban J connectivity index is 1.69. The standard InChI is InChI=1S/C25H32N2O4/c1-16(2)24(30)26-15-20(28)13-19(12-17-8-4-3-5-9-17)25(31)27-23-21-11-7-6-10-18(21)14-22(23)29/h3-11,16,19-20,22-23,28-29H,12-15H2,1-2H3,(H,26,30)(H,27,31)/t19-,20+,22-,23+/m1/s1. The molecule has 0 radical (unpaired) electrons. The van der Waals surface area contributed by atoms with E-state index in [4.69, 9.17) is 0 Å². The van der Waals surface area contributed by atoms with E-state index in [0.717, 1.165) is 16.7 Å². The summed E-state index contributed by atoms with van der Waals surface area (Å²) in [6, 6.07) is 16.9. The van der Waals surface area contributed by atoms with Crippen LogP contribution in [0.4, 0.5) is 0 Å². The summed E-state index contributed by atoms with van der Waals surface area (Å²) in [6.07, 6.45) is -0.332. The van der Waals surface area contributed by atoms with E-state index in [9.17, 15) is 19.8 Å². The lowest BCUT2D eigenvalue weighted by atomic mass is 9.92. The second-order valence-corrected chi connectivity index (χ2v) is 8.63. The van der Waals surface area contributed by atoms with Crippen LogP contribution in [0.3, 0.4) is 0 Å². The maximum atomic E-state index is 13.2. The number of hydrogen-bond donors (Lipinski definition) is 4. The van der Waals surface area contributed by atoms with Gasteiger partial charge in [0.2, 0.25) is 11.8 Å². The van der Waals surface area contributed by atoms with Gasteiger partial charge in [0.25, 0.3) is 0 Å². The normalized spacial score (nSPS) is 19.5. The predicted octanol–water partition coefficient (Wildman–Crippen LogP) is 2.14. The van der Waals surface area contributed by atoms with Gasteiger partial charge in [-0.15, -0.1) is 0 Å². The smallest absolute Gasteiger partial charge is 0.224 e. The van der Waals surface area contributed by atoms with Crippen molar-refractivity contribution in [3.8, 4) is 0 Å². The third-order valence-corrected chi connectivity index (χ3v) is 5.79. The van der Waals surface area contributed by atoms with Gasteiger partial charge in [-0.2, -0.15) is 0 Å². The average Bonchev–Trinajstić information content (AvgIpc) is 3.07. The number of fused-ring (bicyclic) bond motifs is 1. The molecule has 6 heteroatoms. The molecular weight excluding hydrogens is 392 g/mol. The van der Waals surface area contributed by atoms with Gasteiger partial charge >= 0.3 is 0 Å². The molecular formula is C25H32N2O4. The van der Waals surface area contributed by atoms with Gasteiger partial charge in [0, 0.05) is 24.8 Å². The average molecular weight is 425 g/mol. The Morgan fingerprint density at radius 3 is 2.42 bits per heavy atom. The lowest BCUT2D eigenvalue weighted by Crippen LogP contribution is -2.41. The van der Waals surface area contributed by atoms with Crippen molar-refractivity contribution in [1.82, 2.24) is 10.6 Å². The number of amides is 2. The fourth-order valence-electron chi connectivity index (χ4n) is 4.03. The van der Waals surface area contributed by atoms with E-state index in [1.165, 1.54) is 0 Å². The van der Waals surface area contributed by atoms with Crippen molar-refractivity contribution in [1.29, 1.82) is 0 Å². The molecule has 0 spiro atoms. The van der Waals surface area contributed by atoms with E-state index in [1.807, 2.05) is 54.6 Å². The van der Waals surface area contributed by atoms with Gasteiger partial charge in [-0.05, 0) is 29.5 Å². The van der Waals surface area contributed by atoms with Crippen LogP contribution in [0.15, 0.2) is 54.6 Å². The number of carbonyl (C=O) groups excluding carboxylic acids is 2. The zero-order valence-electron chi connectivity index (χ0n) is 18.1. The van der Waals surface area contributed by atoms with Crippen LogP contribution in [0.1, 0.15) is 43.0 Å². The molecule has 1 aliphatic rings. The maximum absolute atomic E-state index is 13.2. The van der Waals surface area contributed by atoms with Gasteiger partial charge in [-0.3, -0.25) is 9.59 Å². The Kier molecular flexibility index (Phi) is 7.82. The van der Waals surface area contributed by atoms with Crippen LogP contribution in [0.5, 0.6) is 0 Å². The van der Waals surface area contributed by atoms with Gasteiger partial charge in [0.15, 0.2) is 0 Å². The lowest BCUT2D eigenvalue weighted by Gasteiger charge is -2.24. The Labute approximate surface area is 183 Å². The summed E-state index contributed by atoms with van der Waals surface area (Å²) in [7, 11) is 0. The minimum Gasteiger partial charge on any atom is -0.391 e. The van der Waals surface area contributed by atoms with E-state index in [-0.39, 0.29) is 30.7 Å². The van der Waals surface area contributed by atoms with Crippen molar-refractivity contribution in [2.24, 2.45) is 11.8 Å². The molecule has 0 saturated heterocycles. The number of aliphatic hydroxyl groups excluding tert-OH is 2. The molecule has 1 aliphatic carbocycles. The highest BCUT2D eigenvalue weighted by Crippen LogP contribution is 2.31. The van der Waals surface area contributed by atoms with E-state index in [2.05, 4.69) is 10.6 Å². The predicted molar refractivity (Wildman–Crippen MR) is 119 cm³/mol. The van der Waals surface area contributed by atoms with Crippen molar-refractivity contribution in [3.05, 3.63) is 71.3 Å². The molecule has 0 heterocycles. The fraction of sp³-hybridized carbons (Fsp3) is 0.440. The molecule has 0 unspecified atom stereocenters. The largest absolute Gasteiger partial charge is 0.391 e. The molecule has 0 saturated carbocycles. The summed E-state index contributed by atoms with van der Waals surface area (Å²) in [5, 5.41) is 26.7. The van der Waals surface area contributed by atoms with Crippen molar-refractivity contribution >= 4 is 11.8 Å².